The van der Waals surface area contributed by atoms with Gasteiger partial charge in [-0.15, -0.1) is 0 Å². The van der Waals surface area contributed by atoms with Crippen molar-refractivity contribution < 1.29 is 8.42 Å². The highest BCUT2D eigenvalue weighted by molar-refractivity contribution is 7.87. The zero-order valence-electron chi connectivity index (χ0n) is 7.52. The average molecular weight is 205 g/mol. The van der Waals surface area contributed by atoms with Crippen molar-refractivity contribution in [2.24, 2.45) is 5.73 Å². The van der Waals surface area contributed by atoms with Gasteiger partial charge >= 0.3 is 0 Å². The standard InChI is InChI=1S/C7H15N3O2S/c8-3-5-9-6-7-2-1-4-10(7)13(9,11)12/h7H,1-6,8H2/t7-/m0/s1. The van der Waals surface area contributed by atoms with Crippen LogP contribution in [-0.4, -0.2) is 49.2 Å². The van der Waals surface area contributed by atoms with E-state index < -0.39 is 10.2 Å². The highest BCUT2D eigenvalue weighted by Crippen LogP contribution is 2.30. The first-order valence-corrected chi connectivity index (χ1v) is 6.03. The lowest BCUT2D eigenvalue weighted by molar-refractivity contribution is 0.412. The number of fused-ring (bicyclic) bond motifs is 1. The first kappa shape index (κ1) is 9.39. The Hall–Kier alpha value is -0.170. The lowest BCUT2D eigenvalue weighted by atomic mass is 10.2. The SMILES string of the molecule is NCCN1C[C@@H]2CCCN2S1(=O)=O. The third-order valence-corrected chi connectivity index (χ3v) is 4.80. The molecule has 13 heavy (non-hydrogen) atoms. The van der Waals surface area contributed by atoms with Crippen molar-refractivity contribution in [1.29, 1.82) is 0 Å². The second kappa shape index (κ2) is 3.20. The molecular weight excluding hydrogens is 190 g/mol. The summed E-state index contributed by atoms with van der Waals surface area (Å²) in [6, 6.07) is 0.219. The minimum Gasteiger partial charge on any atom is -0.329 e. The number of hydrogen-bond donors (Lipinski definition) is 1. The Morgan fingerprint density at radius 3 is 2.85 bits per heavy atom. The summed E-state index contributed by atoms with van der Waals surface area (Å²) in [6.45, 7) is 2.18. The van der Waals surface area contributed by atoms with Crippen LogP contribution in [0.1, 0.15) is 12.8 Å². The van der Waals surface area contributed by atoms with Crippen molar-refractivity contribution in [1.82, 2.24) is 8.61 Å². The molecule has 2 fully saturated rings. The predicted octanol–water partition coefficient (Wildman–Crippen LogP) is -1.03. The van der Waals surface area contributed by atoms with Gasteiger partial charge in [0.1, 0.15) is 0 Å². The summed E-state index contributed by atoms with van der Waals surface area (Å²) in [5.41, 5.74) is 5.36. The third kappa shape index (κ3) is 1.38. The zero-order chi connectivity index (χ0) is 9.47. The van der Waals surface area contributed by atoms with E-state index in [2.05, 4.69) is 0 Å². The maximum absolute atomic E-state index is 11.8. The topological polar surface area (TPSA) is 66.6 Å². The molecule has 6 heteroatoms. The molecule has 0 bridgehead atoms. The molecule has 0 aliphatic carbocycles. The van der Waals surface area contributed by atoms with E-state index in [1.807, 2.05) is 0 Å². The molecule has 0 radical (unpaired) electrons. The van der Waals surface area contributed by atoms with Crippen molar-refractivity contribution in [3.63, 3.8) is 0 Å². The van der Waals surface area contributed by atoms with Crippen LogP contribution >= 0.6 is 0 Å². The number of nitrogens with zero attached hydrogens (tertiary/aromatic N) is 2. The molecule has 2 aliphatic rings. The van der Waals surface area contributed by atoms with E-state index in [0.717, 1.165) is 12.8 Å². The molecule has 0 unspecified atom stereocenters. The van der Waals surface area contributed by atoms with Crippen LogP contribution in [0.3, 0.4) is 0 Å². The van der Waals surface area contributed by atoms with Gasteiger partial charge < -0.3 is 5.73 Å². The average Bonchev–Trinajstić information content (AvgIpc) is 2.58. The van der Waals surface area contributed by atoms with Gasteiger partial charge in [-0.2, -0.15) is 17.0 Å². The molecular formula is C7H15N3O2S. The maximum atomic E-state index is 11.8. The second-order valence-electron chi connectivity index (χ2n) is 3.56. The summed E-state index contributed by atoms with van der Waals surface area (Å²) in [5.74, 6) is 0. The van der Waals surface area contributed by atoms with Crippen LogP contribution in [0, 0.1) is 0 Å². The first-order chi connectivity index (χ1) is 6.16. The van der Waals surface area contributed by atoms with Crippen molar-refractivity contribution >= 4 is 10.2 Å². The number of hydrogen-bond acceptors (Lipinski definition) is 3. The summed E-state index contributed by atoms with van der Waals surface area (Å²) < 4.78 is 26.6. The fourth-order valence-corrected chi connectivity index (χ4v) is 4.03. The van der Waals surface area contributed by atoms with E-state index in [9.17, 15) is 8.42 Å². The van der Waals surface area contributed by atoms with Crippen LogP contribution in [0.5, 0.6) is 0 Å². The third-order valence-electron chi connectivity index (χ3n) is 2.74. The Balaban J connectivity index is 2.19. The quantitative estimate of drug-likeness (QED) is 0.627. The minimum atomic E-state index is -3.14. The van der Waals surface area contributed by atoms with Gasteiger partial charge in [0.15, 0.2) is 0 Å². The molecule has 2 rings (SSSR count). The summed E-state index contributed by atoms with van der Waals surface area (Å²) in [4.78, 5) is 0. The fraction of sp³-hybridized carbons (Fsp3) is 1.00. The van der Waals surface area contributed by atoms with Crippen molar-refractivity contribution in [2.75, 3.05) is 26.2 Å². The summed E-state index contributed by atoms with van der Waals surface area (Å²) in [6.07, 6.45) is 2.00. The van der Waals surface area contributed by atoms with Gasteiger partial charge in [0.05, 0.1) is 0 Å². The second-order valence-corrected chi connectivity index (χ2v) is 5.44. The van der Waals surface area contributed by atoms with Crippen molar-refractivity contribution in [3.8, 4) is 0 Å². The normalized spacial score (nSPS) is 33.8. The van der Waals surface area contributed by atoms with Crippen LogP contribution in [0.2, 0.25) is 0 Å². The Kier molecular flexibility index (Phi) is 2.31. The van der Waals surface area contributed by atoms with Crippen LogP contribution in [0.4, 0.5) is 0 Å². The van der Waals surface area contributed by atoms with E-state index in [1.165, 1.54) is 4.31 Å². The van der Waals surface area contributed by atoms with Gasteiger partial charge in [0.25, 0.3) is 10.2 Å². The van der Waals surface area contributed by atoms with Gasteiger partial charge in [-0.3, -0.25) is 0 Å². The lowest BCUT2D eigenvalue weighted by Crippen LogP contribution is -2.35. The summed E-state index contributed by atoms with van der Waals surface area (Å²) in [7, 11) is -3.14. The lowest BCUT2D eigenvalue weighted by Gasteiger charge is -2.15. The Labute approximate surface area is 78.7 Å². The Bertz CT molecular complexity index is 290. The summed E-state index contributed by atoms with van der Waals surface area (Å²) in [5, 5.41) is 0. The Morgan fingerprint density at radius 1 is 1.46 bits per heavy atom. The molecule has 0 amide bonds. The monoisotopic (exact) mass is 205 g/mol. The predicted molar refractivity (Wildman–Crippen MR) is 49.3 cm³/mol. The number of rotatable bonds is 2. The smallest absolute Gasteiger partial charge is 0.282 e. The van der Waals surface area contributed by atoms with Crippen LogP contribution in [0.25, 0.3) is 0 Å². The molecule has 76 valence electrons. The van der Waals surface area contributed by atoms with E-state index >= 15 is 0 Å². The number of nitrogens with two attached hydrogens (primary N) is 1. The van der Waals surface area contributed by atoms with Gasteiger partial charge in [-0.1, -0.05) is 0 Å². The maximum Gasteiger partial charge on any atom is 0.282 e. The van der Waals surface area contributed by atoms with E-state index in [4.69, 9.17) is 5.73 Å². The molecule has 2 aliphatic heterocycles. The van der Waals surface area contributed by atoms with Gasteiger partial charge in [0.2, 0.25) is 0 Å². The van der Waals surface area contributed by atoms with Gasteiger partial charge in [-0.05, 0) is 12.8 Å². The molecule has 2 heterocycles. The molecule has 0 spiro atoms. The van der Waals surface area contributed by atoms with Crippen LogP contribution in [-0.2, 0) is 10.2 Å². The van der Waals surface area contributed by atoms with Gasteiger partial charge in [0, 0.05) is 32.2 Å². The van der Waals surface area contributed by atoms with Crippen LogP contribution in [0.15, 0.2) is 0 Å². The largest absolute Gasteiger partial charge is 0.329 e. The zero-order valence-corrected chi connectivity index (χ0v) is 8.33. The Morgan fingerprint density at radius 2 is 2.23 bits per heavy atom. The molecule has 0 aromatic rings. The van der Waals surface area contributed by atoms with E-state index in [1.54, 1.807) is 4.31 Å². The molecule has 5 nitrogen and oxygen atoms in total. The van der Waals surface area contributed by atoms with Crippen molar-refractivity contribution in [2.45, 2.75) is 18.9 Å². The highest BCUT2D eigenvalue weighted by atomic mass is 32.2. The summed E-state index contributed by atoms with van der Waals surface area (Å²) >= 11 is 0. The van der Waals surface area contributed by atoms with E-state index in [-0.39, 0.29) is 6.04 Å². The van der Waals surface area contributed by atoms with Gasteiger partial charge in [-0.25, -0.2) is 0 Å². The van der Waals surface area contributed by atoms with Crippen LogP contribution < -0.4 is 5.73 Å². The van der Waals surface area contributed by atoms with E-state index in [0.29, 0.717) is 26.2 Å². The highest BCUT2D eigenvalue weighted by Gasteiger charge is 2.45. The molecule has 1 atom stereocenters. The molecule has 2 saturated heterocycles. The fourth-order valence-electron chi connectivity index (χ4n) is 2.12. The molecule has 0 aromatic heterocycles. The molecule has 2 N–H and O–H groups in total. The van der Waals surface area contributed by atoms with Crippen molar-refractivity contribution in [3.05, 3.63) is 0 Å². The molecule has 0 aromatic carbocycles. The minimum absolute atomic E-state index is 0.219. The first-order valence-electron chi connectivity index (χ1n) is 4.63. The molecule has 0 saturated carbocycles.